The lowest BCUT2D eigenvalue weighted by Crippen LogP contribution is -2.45. The fourth-order valence-corrected chi connectivity index (χ4v) is 2.15. The Morgan fingerprint density at radius 2 is 1.82 bits per heavy atom. The van der Waals surface area contributed by atoms with E-state index in [9.17, 15) is 9.59 Å². The number of carbonyl (C=O) groups excluding carboxylic acids is 1. The van der Waals surface area contributed by atoms with E-state index in [-0.39, 0.29) is 19.0 Å². The van der Waals surface area contributed by atoms with Gasteiger partial charge in [-0.05, 0) is 37.5 Å². The summed E-state index contributed by atoms with van der Waals surface area (Å²) in [4.78, 5) is 23.7. The predicted molar refractivity (Wildman–Crippen MR) is 62.7 cm³/mol. The lowest BCUT2D eigenvalue weighted by Gasteiger charge is -2.23. The normalized spacial score (nSPS) is 19.2. The highest BCUT2D eigenvalue weighted by Crippen LogP contribution is 2.44. The number of nitrogens with one attached hydrogen (secondary N) is 1. The van der Waals surface area contributed by atoms with Gasteiger partial charge in [0.1, 0.15) is 0 Å². The molecule has 0 unspecified atom stereocenters. The minimum Gasteiger partial charge on any atom is -0.481 e. The van der Waals surface area contributed by atoms with Crippen LogP contribution in [-0.2, 0) is 4.79 Å². The summed E-state index contributed by atoms with van der Waals surface area (Å²) in [5.41, 5.74) is 0. The van der Waals surface area contributed by atoms with Gasteiger partial charge in [-0.2, -0.15) is 0 Å². The summed E-state index contributed by atoms with van der Waals surface area (Å²) in [6, 6.07) is 0.199. The number of carbonyl (C=O) groups is 2. The molecule has 96 valence electrons. The van der Waals surface area contributed by atoms with E-state index in [4.69, 9.17) is 5.11 Å². The van der Waals surface area contributed by atoms with Gasteiger partial charge in [0.2, 0.25) is 0 Å². The SMILES string of the molecule is CN(CCC(=O)O)C(=O)NC(C1CC1)C1CC1. The molecule has 0 aromatic heterocycles. The van der Waals surface area contributed by atoms with Gasteiger partial charge < -0.3 is 15.3 Å². The van der Waals surface area contributed by atoms with E-state index in [1.165, 1.54) is 30.6 Å². The van der Waals surface area contributed by atoms with Crippen LogP contribution in [0.2, 0.25) is 0 Å². The lowest BCUT2D eigenvalue weighted by molar-refractivity contribution is -0.137. The number of nitrogens with zero attached hydrogens (tertiary/aromatic N) is 1. The molecule has 2 amide bonds. The van der Waals surface area contributed by atoms with E-state index >= 15 is 0 Å². The van der Waals surface area contributed by atoms with Crippen molar-refractivity contribution in [1.82, 2.24) is 10.2 Å². The Balaban J connectivity index is 1.76. The molecule has 0 heterocycles. The maximum atomic E-state index is 11.9. The molecule has 2 saturated carbocycles. The number of rotatable bonds is 6. The van der Waals surface area contributed by atoms with E-state index in [1.54, 1.807) is 7.05 Å². The minimum atomic E-state index is -0.870. The van der Waals surface area contributed by atoms with Gasteiger partial charge in [0.15, 0.2) is 0 Å². The van der Waals surface area contributed by atoms with Crippen LogP contribution in [-0.4, -0.2) is 41.6 Å². The van der Waals surface area contributed by atoms with E-state index < -0.39 is 5.97 Å². The monoisotopic (exact) mass is 240 g/mol. The highest BCUT2D eigenvalue weighted by molar-refractivity contribution is 5.75. The molecule has 2 aliphatic carbocycles. The van der Waals surface area contributed by atoms with Crippen molar-refractivity contribution in [3.05, 3.63) is 0 Å². The van der Waals surface area contributed by atoms with Crippen LogP contribution in [0.15, 0.2) is 0 Å². The largest absolute Gasteiger partial charge is 0.481 e. The van der Waals surface area contributed by atoms with E-state index in [0.29, 0.717) is 17.9 Å². The van der Waals surface area contributed by atoms with E-state index in [0.717, 1.165) is 0 Å². The first-order chi connectivity index (χ1) is 8.08. The van der Waals surface area contributed by atoms with Gasteiger partial charge in [0.05, 0.1) is 6.42 Å². The van der Waals surface area contributed by atoms with Crippen molar-refractivity contribution in [3.8, 4) is 0 Å². The molecule has 0 aromatic carbocycles. The summed E-state index contributed by atoms with van der Waals surface area (Å²) in [6.45, 7) is 0.267. The van der Waals surface area contributed by atoms with E-state index in [1.807, 2.05) is 0 Å². The van der Waals surface area contributed by atoms with Gasteiger partial charge in [-0.15, -0.1) is 0 Å². The molecule has 0 bridgehead atoms. The minimum absolute atomic E-state index is 0.00143. The number of aliphatic carboxylic acids is 1. The zero-order chi connectivity index (χ0) is 12.4. The van der Waals surface area contributed by atoms with E-state index in [2.05, 4.69) is 5.32 Å². The Labute approximate surface area is 101 Å². The van der Waals surface area contributed by atoms with Crippen LogP contribution in [0.1, 0.15) is 32.1 Å². The number of carboxylic acids is 1. The van der Waals surface area contributed by atoms with Crippen molar-refractivity contribution in [3.63, 3.8) is 0 Å². The number of hydrogen-bond acceptors (Lipinski definition) is 2. The predicted octanol–water partition coefficient (Wildman–Crippen LogP) is 1.29. The van der Waals surface area contributed by atoms with Gasteiger partial charge >= 0.3 is 12.0 Å². The average Bonchev–Trinajstić information content (AvgIpc) is 3.15. The fraction of sp³-hybridized carbons (Fsp3) is 0.833. The lowest BCUT2D eigenvalue weighted by atomic mass is 10.1. The standard InChI is InChI=1S/C12H20N2O3/c1-14(7-6-10(15)16)12(17)13-11(8-2-3-8)9-4-5-9/h8-9,11H,2-7H2,1H3,(H,13,17)(H,15,16). The second-order valence-corrected chi connectivity index (χ2v) is 5.22. The molecule has 0 aliphatic heterocycles. The van der Waals surface area contributed by atoms with Crippen LogP contribution in [0.25, 0.3) is 0 Å². The fourth-order valence-electron chi connectivity index (χ4n) is 2.15. The van der Waals surface area contributed by atoms with Crippen LogP contribution in [0.4, 0.5) is 4.79 Å². The van der Waals surface area contributed by atoms with Crippen LogP contribution in [0.3, 0.4) is 0 Å². The third-order valence-corrected chi connectivity index (χ3v) is 3.56. The van der Waals surface area contributed by atoms with Gasteiger partial charge in [0, 0.05) is 19.6 Å². The molecule has 5 nitrogen and oxygen atoms in total. The summed E-state index contributed by atoms with van der Waals surface area (Å²) < 4.78 is 0. The third kappa shape index (κ3) is 3.61. The molecular formula is C12H20N2O3. The van der Waals surface area contributed by atoms with Crippen LogP contribution >= 0.6 is 0 Å². The van der Waals surface area contributed by atoms with Crippen LogP contribution in [0, 0.1) is 11.8 Å². The zero-order valence-corrected chi connectivity index (χ0v) is 10.2. The molecule has 0 atom stereocenters. The first kappa shape index (κ1) is 12.2. The van der Waals surface area contributed by atoms with Crippen molar-refractivity contribution in [1.29, 1.82) is 0 Å². The van der Waals surface area contributed by atoms with Gasteiger partial charge in [-0.1, -0.05) is 0 Å². The first-order valence-corrected chi connectivity index (χ1v) is 6.31. The van der Waals surface area contributed by atoms with Gasteiger partial charge in [0.25, 0.3) is 0 Å². The van der Waals surface area contributed by atoms with Gasteiger partial charge in [-0.3, -0.25) is 4.79 Å². The molecule has 0 radical (unpaired) electrons. The van der Waals surface area contributed by atoms with Gasteiger partial charge in [-0.25, -0.2) is 4.79 Å². The maximum absolute atomic E-state index is 11.9. The highest BCUT2D eigenvalue weighted by atomic mass is 16.4. The second-order valence-electron chi connectivity index (χ2n) is 5.22. The van der Waals surface area contributed by atoms with Crippen molar-refractivity contribution >= 4 is 12.0 Å². The molecule has 0 spiro atoms. The maximum Gasteiger partial charge on any atom is 0.317 e. The molecule has 0 aromatic rings. The second kappa shape index (κ2) is 4.94. The summed E-state index contributed by atoms with van der Waals surface area (Å²) in [6.07, 6.45) is 4.89. The van der Waals surface area contributed by atoms with Crippen LogP contribution < -0.4 is 5.32 Å². The summed E-state index contributed by atoms with van der Waals surface area (Å²) in [5, 5.41) is 11.6. The molecule has 2 rings (SSSR count). The first-order valence-electron chi connectivity index (χ1n) is 6.31. The quantitative estimate of drug-likeness (QED) is 0.735. The molecule has 2 N–H and O–H groups in total. The Hall–Kier alpha value is -1.26. The summed E-state index contributed by atoms with van der Waals surface area (Å²) in [5.74, 6) is 0.462. The molecule has 0 saturated heterocycles. The van der Waals surface area contributed by atoms with Crippen molar-refractivity contribution < 1.29 is 14.7 Å². The molecule has 17 heavy (non-hydrogen) atoms. The number of carboxylic acid groups (broad SMARTS) is 1. The molecule has 5 heteroatoms. The smallest absolute Gasteiger partial charge is 0.317 e. The Kier molecular flexibility index (Phi) is 3.54. The third-order valence-electron chi connectivity index (χ3n) is 3.56. The molecule has 2 aliphatic rings. The van der Waals surface area contributed by atoms with Crippen molar-refractivity contribution in [2.24, 2.45) is 11.8 Å². The van der Waals surface area contributed by atoms with Crippen molar-refractivity contribution in [2.45, 2.75) is 38.1 Å². The summed E-state index contributed by atoms with van der Waals surface area (Å²) in [7, 11) is 1.65. The van der Waals surface area contributed by atoms with Crippen LogP contribution in [0.5, 0.6) is 0 Å². The number of urea groups is 1. The Morgan fingerprint density at radius 1 is 1.29 bits per heavy atom. The average molecular weight is 240 g/mol. The molecule has 2 fully saturated rings. The molecular weight excluding hydrogens is 220 g/mol. The number of amides is 2. The van der Waals surface area contributed by atoms with Crippen molar-refractivity contribution in [2.75, 3.05) is 13.6 Å². The number of hydrogen-bond donors (Lipinski definition) is 2. The Bertz CT molecular complexity index is 299. The topological polar surface area (TPSA) is 69.6 Å². The zero-order valence-electron chi connectivity index (χ0n) is 10.2. The Morgan fingerprint density at radius 3 is 2.24 bits per heavy atom. The summed E-state index contributed by atoms with van der Waals surface area (Å²) >= 11 is 0. The highest BCUT2D eigenvalue weighted by Gasteiger charge is 2.42.